The van der Waals surface area contributed by atoms with Gasteiger partial charge in [0, 0.05) is 12.3 Å². The van der Waals surface area contributed by atoms with Crippen LogP contribution in [0.15, 0.2) is 21.9 Å². The molecule has 0 aromatic carbocycles. The topological polar surface area (TPSA) is 95.3 Å². The molecule has 3 N–H and O–H groups in total. The number of aliphatic hydroxyl groups is 2. The van der Waals surface area contributed by atoms with Crippen LogP contribution >= 0.6 is 0 Å². The molecule has 6 nitrogen and oxygen atoms in total. The quantitative estimate of drug-likeness (QED) is 0.571. The first-order chi connectivity index (χ1) is 7.58. The van der Waals surface area contributed by atoms with Crippen LogP contribution in [0.3, 0.4) is 0 Å². The monoisotopic (exact) mass is 226 g/mol. The van der Waals surface area contributed by atoms with Crippen molar-refractivity contribution in [3.8, 4) is 0 Å². The van der Waals surface area contributed by atoms with E-state index in [1.54, 1.807) is 0 Å². The molecule has 1 aliphatic rings. The minimum atomic E-state index is -0.660. The average molecular weight is 226 g/mol. The van der Waals surface area contributed by atoms with Crippen molar-refractivity contribution >= 4 is 0 Å². The Morgan fingerprint density at radius 2 is 2.06 bits per heavy atom. The lowest BCUT2D eigenvalue weighted by Gasteiger charge is -2.31. The molecule has 1 fully saturated rings. The van der Waals surface area contributed by atoms with Gasteiger partial charge in [0.15, 0.2) is 0 Å². The SMILES string of the molecule is O=c1ccn(C2C[C@@H](O)CC[C@H]2O)c(=O)[nH]1. The van der Waals surface area contributed by atoms with E-state index in [2.05, 4.69) is 4.98 Å². The molecule has 0 spiro atoms. The van der Waals surface area contributed by atoms with Crippen molar-refractivity contribution in [2.75, 3.05) is 0 Å². The van der Waals surface area contributed by atoms with Gasteiger partial charge in [-0.15, -0.1) is 0 Å². The van der Waals surface area contributed by atoms with Crippen molar-refractivity contribution in [3.63, 3.8) is 0 Å². The van der Waals surface area contributed by atoms with Crippen molar-refractivity contribution in [1.29, 1.82) is 0 Å². The molecule has 16 heavy (non-hydrogen) atoms. The lowest BCUT2D eigenvalue weighted by atomic mass is 9.90. The van der Waals surface area contributed by atoms with E-state index in [4.69, 9.17) is 0 Å². The Hall–Kier alpha value is -1.40. The van der Waals surface area contributed by atoms with Crippen molar-refractivity contribution in [3.05, 3.63) is 33.1 Å². The zero-order valence-corrected chi connectivity index (χ0v) is 8.67. The summed E-state index contributed by atoms with van der Waals surface area (Å²) in [6.45, 7) is 0. The number of aliphatic hydroxyl groups excluding tert-OH is 2. The zero-order valence-electron chi connectivity index (χ0n) is 8.67. The normalized spacial score (nSPS) is 30.2. The first-order valence-corrected chi connectivity index (χ1v) is 5.25. The van der Waals surface area contributed by atoms with Gasteiger partial charge in [-0.3, -0.25) is 14.3 Å². The fourth-order valence-electron chi connectivity index (χ4n) is 2.10. The standard InChI is InChI=1S/C10H14N2O4/c13-6-1-2-8(14)7(5-6)12-4-3-9(15)11-10(12)16/h3-4,6-8,13-14H,1-2,5H2,(H,11,15,16)/t6-,7?,8+/m0/s1. The molecule has 0 aliphatic heterocycles. The number of aromatic amines is 1. The maximum Gasteiger partial charge on any atom is 0.328 e. The maximum atomic E-state index is 11.5. The van der Waals surface area contributed by atoms with Crippen LogP contribution in [0.2, 0.25) is 0 Å². The summed E-state index contributed by atoms with van der Waals surface area (Å²) in [5, 5.41) is 19.3. The van der Waals surface area contributed by atoms with Gasteiger partial charge in [0.05, 0.1) is 18.2 Å². The van der Waals surface area contributed by atoms with Crippen molar-refractivity contribution in [2.45, 2.75) is 37.5 Å². The number of aromatic nitrogens is 2. The van der Waals surface area contributed by atoms with E-state index in [1.165, 1.54) is 16.8 Å². The molecule has 88 valence electrons. The average Bonchev–Trinajstić information content (AvgIpc) is 2.22. The fraction of sp³-hybridized carbons (Fsp3) is 0.600. The first kappa shape index (κ1) is 11.1. The minimum Gasteiger partial charge on any atom is -0.393 e. The van der Waals surface area contributed by atoms with Gasteiger partial charge in [-0.2, -0.15) is 0 Å². The smallest absolute Gasteiger partial charge is 0.328 e. The van der Waals surface area contributed by atoms with E-state index >= 15 is 0 Å². The summed E-state index contributed by atoms with van der Waals surface area (Å²) in [4.78, 5) is 24.5. The number of nitrogens with zero attached hydrogens (tertiary/aromatic N) is 1. The first-order valence-electron chi connectivity index (χ1n) is 5.25. The van der Waals surface area contributed by atoms with Crippen LogP contribution in [0.1, 0.15) is 25.3 Å². The van der Waals surface area contributed by atoms with Crippen LogP contribution in [0.5, 0.6) is 0 Å². The van der Waals surface area contributed by atoms with Crippen LogP contribution in [-0.2, 0) is 0 Å². The Kier molecular flexibility index (Phi) is 2.93. The van der Waals surface area contributed by atoms with E-state index in [1.807, 2.05) is 0 Å². The van der Waals surface area contributed by atoms with E-state index in [0.717, 1.165) is 0 Å². The predicted octanol–water partition coefficient (Wildman–Crippen LogP) is -1.02. The van der Waals surface area contributed by atoms with Crippen LogP contribution in [0, 0.1) is 0 Å². The largest absolute Gasteiger partial charge is 0.393 e. The summed E-state index contributed by atoms with van der Waals surface area (Å²) >= 11 is 0. The third-order valence-corrected chi connectivity index (χ3v) is 2.96. The Morgan fingerprint density at radius 1 is 1.31 bits per heavy atom. The van der Waals surface area contributed by atoms with Gasteiger partial charge in [-0.25, -0.2) is 4.79 Å². The maximum absolute atomic E-state index is 11.5. The van der Waals surface area contributed by atoms with E-state index in [9.17, 15) is 19.8 Å². The molecule has 6 heteroatoms. The summed E-state index contributed by atoms with van der Waals surface area (Å²) in [7, 11) is 0. The van der Waals surface area contributed by atoms with Gasteiger partial charge >= 0.3 is 5.69 Å². The fourth-order valence-corrected chi connectivity index (χ4v) is 2.10. The molecule has 0 bridgehead atoms. The van der Waals surface area contributed by atoms with Crippen LogP contribution in [0.25, 0.3) is 0 Å². The van der Waals surface area contributed by atoms with Gasteiger partial charge in [0.25, 0.3) is 5.56 Å². The van der Waals surface area contributed by atoms with Crippen LogP contribution in [0.4, 0.5) is 0 Å². The molecule has 1 aliphatic carbocycles. The van der Waals surface area contributed by atoms with Gasteiger partial charge in [-0.05, 0) is 19.3 Å². The Bertz CT molecular complexity index is 478. The van der Waals surface area contributed by atoms with E-state index in [0.29, 0.717) is 19.3 Å². The van der Waals surface area contributed by atoms with Crippen molar-refractivity contribution in [1.82, 2.24) is 9.55 Å². The minimum absolute atomic E-state index is 0.327. The summed E-state index contributed by atoms with van der Waals surface area (Å²) in [5.74, 6) is 0. The second-order valence-electron chi connectivity index (χ2n) is 4.12. The highest BCUT2D eigenvalue weighted by molar-refractivity contribution is 4.91. The van der Waals surface area contributed by atoms with Crippen LogP contribution < -0.4 is 11.2 Å². The molecule has 1 aromatic rings. The zero-order chi connectivity index (χ0) is 11.7. The van der Waals surface area contributed by atoms with Gasteiger partial charge in [0.1, 0.15) is 0 Å². The molecule has 3 atom stereocenters. The molecule has 1 heterocycles. The van der Waals surface area contributed by atoms with Gasteiger partial charge in [0.2, 0.25) is 0 Å². The Labute approximate surface area is 91.2 Å². The lowest BCUT2D eigenvalue weighted by molar-refractivity contribution is 0.0109. The number of hydrogen-bond donors (Lipinski definition) is 3. The molecule has 1 saturated carbocycles. The predicted molar refractivity (Wildman–Crippen MR) is 56.2 cm³/mol. The van der Waals surface area contributed by atoms with Crippen molar-refractivity contribution in [2.24, 2.45) is 0 Å². The lowest BCUT2D eigenvalue weighted by Crippen LogP contribution is -2.40. The molecular formula is C10H14N2O4. The molecule has 1 unspecified atom stereocenters. The molecule has 0 saturated heterocycles. The molecule has 2 rings (SSSR count). The number of hydrogen-bond acceptors (Lipinski definition) is 4. The second kappa shape index (κ2) is 4.23. The van der Waals surface area contributed by atoms with Crippen LogP contribution in [-0.4, -0.2) is 32.0 Å². The Balaban J connectivity index is 2.35. The van der Waals surface area contributed by atoms with Crippen molar-refractivity contribution < 1.29 is 10.2 Å². The van der Waals surface area contributed by atoms with Gasteiger partial charge < -0.3 is 10.2 Å². The molecule has 0 radical (unpaired) electrons. The molecular weight excluding hydrogens is 212 g/mol. The van der Waals surface area contributed by atoms with E-state index < -0.39 is 29.5 Å². The number of nitrogens with one attached hydrogen (secondary N) is 1. The summed E-state index contributed by atoms with van der Waals surface area (Å²) in [6.07, 6.45) is 1.51. The molecule has 0 amide bonds. The highest BCUT2D eigenvalue weighted by Crippen LogP contribution is 2.27. The second-order valence-corrected chi connectivity index (χ2v) is 4.12. The third kappa shape index (κ3) is 2.07. The van der Waals surface area contributed by atoms with E-state index in [-0.39, 0.29) is 0 Å². The van der Waals surface area contributed by atoms with Gasteiger partial charge in [-0.1, -0.05) is 0 Å². The number of rotatable bonds is 1. The number of H-pyrrole nitrogens is 1. The Morgan fingerprint density at radius 3 is 2.75 bits per heavy atom. The molecule has 1 aromatic heterocycles. The third-order valence-electron chi connectivity index (χ3n) is 2.96. The summed E-state index contributed by atoms with van der Waals surface area (Å²) in [6, 6.07) is 0.767. The summed E-state index contributed by atoms with van der Waals surface area (Å²) in [5.41, 5.74) is -1.02. The summed E-state index contributed by atoms with van der Waals surface area (Å²) < 4.78 is 1.27. The highest BCUT2D eigenvalue weighted by atomic mass is 16.3. The highest BCUT2D eigenvalue weighted by Gasteiger charge is 2.29.